The minimum absolute atomic E-state index is 0.238. The van der Waals surface area contributed by atoms with E-state index in [1.807, 2.05) is 0 Å². The first-order chi connectivity index (χ1) is 7.50. The van der Waals surface area contributed by atoms with Gasteiger partial charge in [0.25, 0.3) is 0 Å². The minimum atomic E-state index is -4.77. The molecule has 16 heavy (non-hydrogen) atoms. The largest absolute Gasteiger partial charge is 0.450 e. The molecule has 0 aromatic carbocycles. The van der Waals surface area contributed by atoms with Crippen molar-refractivity contribution in [3.63, 3.8) is 0 Å². The molecule has 0 aliphatic heterocycles. The zero-order chi connectivity index (χ0) is 11.8. The van der Waals surface area contributed by atoms with Crippen LogP contribution in [0.5, 0.6) is 0 Å². The number of halogens is 3. The fourth-order valence-electron chi connectivity index (χ4n) is 2.06. The summed E-state index contributed by atoms with van der Waals surface area (Å²) in [5, 5.41) is 0. The molecule has 0 saturated heterocycles. The highest BCUT2D eigenvalue weighted by molar-refractivity contribution is 5.90. The summed E-state index contributed by atoms with van der Waals surface area (Å²) in [5.74, 6) is -2.78. The van der Waals surface area contributed by atoms with E-state index < -0.39 is 17.9 Å². The number of Topliss-reactive ketones (excluding diaryl/α,β-unsaturated/α-hetero) is 1. The van der Waals surface area contributed by atoms with Gasteiger partial charge < -0.3 is 0 Å². The van der Waals surface area contributed by atoms with Crippen LogP contribution in [-0.4, -0.2) is 16.9 Å². The van der Waals surface area contributed by atoms with Gasteiger partial charge in [-0.1, -0.05) is 6.07 Å². The number of rotatable bonds is 1. The SMILES string of the molecule is O=C(C1CCCc2cccnc21)C(F)(F)F. The van der Waals surface area contributed by atoms with Crippen molar-refractivity contribution in [2.45, 2.75) is 31.4 Å². The molecule has 0 N–H and O–H groups in total. The normalized spacial score (nSPS) is 20.3. The van der Waals surface area contributed by atoms with Crippen LogP contribution in [0.15, 0.2) is 18.3 Å². The smallest absolute Gasteiger partial charge is 0.289 e. The minimum Gasteiger partial charge on any atom is -0.289 e. The molecule has 0 bridgehead atoms. The standard InChI is InChI=1S/C11H10F3NO/c12-11(13,14)10(16)8-5-1-3-7-4-2-6-15-9(7)8/h2,4,6,8H,1,3,5H2. The molecule has 2 nitrogen and oxygen atoms in total. The molecule has 1 aromatic heterocycles. The molecule has 0 radical (unpaired) electrons. The lowest BCUT2D eigenvalue weighted by Crippen LogP contribution is -2.31. The lowest BCUT2D eigenvalue weighted by Gasteiger charge is -2.23. The molecule has 5 heteroatoms. The Bertz CT molecular complexity index is 414. The van der Waals surface area contributed by atoms with Crippen LogP contribution in [0.1, 0.15) is 30.0 Å². The molecular formula is C11H10F3NO. The molecule has 1 heterocycles. The maximum Gasteiger partial charge on any atom is 0.450 e. The van der Waals surface area contributed by atoms with Gasteiger partial charge in [0, 0.05) is 6.20 Å². The van der Waals surface area contributed by atoms with Crippen LogP contribution < -0.4 is 0 Å². The van der Waals surface area contributed by atoms with Crippen molar-refractivity contribution in [3.8, 4) is 0 Å². The Labute approximate surface area is 90.5 Å². The van der Waals surface area contributed by atoms with Crippen LogP contribution >= 0.6 is 0 Å². The van der Waals surface area contributed by atoms with Crippen LogP contribution in [0.4, 0.5) is 13.2 Å². The number of hydrogen-bond acceptors (Lipinski definition) is 2. The molecule has 0 amide bonds. The summed E-state index contributed by atoms with van der Waals surface area (Å²) in [6, 6.07) is 3.41. The Balaban J connectivity index is 2.36. The summed E-state index contributed by atoms with van der Waals surface area (Å²) in [4.78, 5) is 15.1. The first-order valence-corrected chi connectivity index (χ1v) is 5.05. The van der Waals surface area contributed by atoms with E-state index in [9.17, 15) is 18.0 Å². The summed E-state index contributed by atoms with van der Waals surface area (Å²) < 4.78 is 37.1. The predicted molar refractivity (Wildman–Crippen MR) is 51.0 cm³/mol. The molecule has 0 saturated carbocycles. The first kappa shape index (κ1) is 11.1. The van der Waals surface area contributed by atoms with Gasteiger partial charge in [0.2, 0.25) is 5.78 Å². The van der Waals surface area contributed by atoms with Gasteiger partial charge in [0.1, 0.15) is 0 Å². The van der Waals surface area contributed by atoms with Gasteiger partial charge in [-0.25, -0.2) is 0 Å². The Hall–Kier alpha value is -1.39. The number of fused-ring (bicyclic) bond motifs is 1. The predicted octanol–water partition coefficient (Wildman–Crippen LogP) is 2.63. The summed E-state index contributed by atoms with van der Waals surface area (Å²) in [6.45, 7) is 0. The number of alkyl halides is 3. The van der Waals surface area contributed by atoms with Crippen molar-refractivity contribution in [1.82, 2.24) is 4.98 Å². The fourth-order valence-corrected chi connectivity index (χ4v) is 2.06. The monoisotopic (exact) mass is 229 g/mol. The van der Waals surface area contributed by atoms with Gasteiger partial charge in [0.05, 0.1) is 11.6 Å². The van der Waals surface area contributed by atoms with Crippen LogP contribution in [0.25, 0.3) is 0 Å². The van der Waals surface area contributed by atoms with Gasteiger partial charge in [-0.15, -0.1) is 0 Å². The van der Waals surface area contributed by atoms with E-state index in [0.29, 0.717) is 18.5 Å². The molecule has 1 aromatic rings. The number of carbonyl (C=O) groups excluding carboxylic acids is 1. The zero-order valence-electron chi connectivity index (χ0n) is 8.42. The average Bonchev–Trinajstić information content (AvgIpc) is 2.26. The van der Waals surface area contributed by atoms with Crippen molar-refractivity contribution in [3.05, 3.63) is 29.6 Å². The van der Waals surface area contributed by atoms with E-state index in [0.717, 1.165) is 5.56 Å². The highest BCUT2D eigenvalue weighted by Gasteiger charge is 2.45. The number of hydrogen-bond donors (Lipinski definition) is 0. The summed E-state index contributed by atoms with van der Waals surface area (Å²) in [6.07, 6.45) is -1.80. The third kappa shape index (κ3) is 1.94. The van der Waals surface area contributed by atoms with Gasteiger partial charge >= 0.3 is 6.18 Å². The molecular weight excluding hydrogens is 219 g/mol. The molecule has 1 atom stereocenters. The van der Waals surface area contributed by atoms with Crippen molar-refractivity contribution < 1.29 is 18.0 Å². The number of ketones is 1. The third-order valence-electron chi connectivity index (χ3n) is 2.79. The highest BCUT2D eigenvalue weighted by atomic mass is 19.4. The molecule has 2 rings (SSSR count). The maximum atomic E-state index is 12.4. The van der Waals surface area contributed by atoms with E-state index in [4.69, 9.17) is 0 Å². The van der Waals surface area contributed by atoms with Crippen LogP contribution in [-0.2, 0) is 11.2 Å². The first-order valence-electron chi connectivity index (χ1n) is 5.05. The van der Waals surface area contributed by atoms with E-state index in [1.165, 1.54) is 6.20 Å². The quantitative estimate of drug-likeness (QED) is 0.741. The number of pyridine rings is 1. The van der Waals surface area contributed by atoms with Gasteiger partial charge in [0.15, 0.2) is 0 Å². The zero-order valence-corrected chi connectivity index (χ0v) is 8.42. The molecule has 1 aliphatic rings. The van der Waals surface area contributed by atoms with Crippen molar-refractivity contribution >= 4 is 5.78 Å². The highest BCUT2D eigenvalue weighted by Crippen LogP contribution is 2.35. The summed E-state index contributed by atoms with van der Waals surface area (Å²) in [7, 11) is 0. The maximum absolute atomic E-state index is 12.4. The van der Waals surface area contributed by atoms with Gasteiger partial charge in [-0.2, -0.15) is 13.2 Å². The number of aryl methyl sites for hydroxylation is 1. The number of carbonyl (C=O) groups is 1. The number of aromatic nitrogens is 1. The van der Waals surface area contributed by atoms with Gasteiger partial charge in [-0.3, -0.25) is 9.78 Å². The van der Waals surface area contributed by atoms with E-state index in [1.54, 1.807) is 12.1 Å². The van der Waals surface area contributed by atoms with Crippen LogP contribution in [0, 0.1) is 0 Å². The average molecular weight is 229 g/mol. The van der Waals surface area contributed by atoms with Crippen LogP contribution in [0.2, 0.25) is 0 Å². The molecule has 86 valence electrons. The summed E-state index contributed by atoms with van der Waals surface area (Å²) in [5.41, 5.74) is 1.06. The topological polar surface area (TPSA) is 30.0 Å². The van der Waals surface area contributed by atoms with E-state index in [2.05, 4.69) is 4.98 Å². The lowest BCUT2D eigenvalue weighted by atomic mass is 9.84. The molecule has 1 aliphatic carbocycles. The summed E-state index contributed by atoms with van der Waals surface area (Å²) >= 11 is 0. The Morgan fingerprint density at radius 2 is 2.19 bits per heavy atom. The van der Waals surface area contributed by atoms with E-state index >= 15 is 0 Å². The molecule has 1 unspecified atom stereocenters. The van der Waals surface area contributed by atoms with Crippen LogP contribution in [0.3, 0.4) is 0 Å². The second kappa shape index (κ2) is 3.88. The Kier molecular flexibility index (Phi) is 2.69. The molecule has 0 fully saturated rings. The fraction of sp³-hybridized carbons (Fsp3) is 0.455. The third-order valence-corrected chi connectivity index (χ3v) is 2.79. The number of nitrogens with zero attached hydrogens (tertiary/aromatic N) is 1. The van der Waals surface area contributed by atoms with Crippen molar-refractivity contribution in [1.29, 1.82) is 0 Å². The van der Waals surface area contributed by atoms with Crippen molar-refractivity contribution in [2.24, 2.45) is 0 Å². The van der Waals surface area contributed by atoms with Gasteiger partial charge in [-0.05, 0) is 30.9 Å². The second-order valence-corrected chi connectivity index (χ2v) is 3.85. The Morgan fingerprint density at radius 3 is 2.88 bits per heavy atom. The lowest BCUT2D eigenvalue weighted by molar-refractivity contribution is -0.173. The molecule has 0 spiro atoms. The second-order valence-electron chi connectivity index (χ2n) is 3.85. The Morgan fingerprint density at radius 1 is 1.44 bits per heavy atom. The van der Waals surface area contributed by atoms with Crippen molar-refractivity contribution in [2.75, 3.05) is 0 Å². The van der Waals surface area contributed by atoms with E-state index in [-0.39, 0.29) is 6.42 Å².